The smallest absolute Gasteiger partial charge is 0.319 e. The molecule has 6 heteroatoms. The number of rotatable bonds is 10. The zero-order valence-corrected chi connectivity index (χ0v) is 18.6. The van der Waals surface area contributed by atoms with Crippen molar-refractivity contribution in [2.75, 3.05) is 31.5 Å². The van der Waals surface area contributed by atoms with Crippen LogP contribution in [0.2, 0.25) is 0 Å². The second kappa shape index (κ2) is 11.5. The average molecular weight is 423 g/mol. The molecular formula is C25H34N4O2. The number of nitrogens with one attached hydrogen (secondary N) is 2. The van der Waals surface area contributed by atoms with Crippen molar-refractivity contribution in [1.29, 1.82) is 0 Å². The lowest BCUT2D eigenvalue weighted by molar-refractivity contribution is -0.128. The number of carbonyl (C=O) groups is 2. The van der Waals surface area contributed by atoms with E-state index in [1.165, 1.54) is 5.56 Å². The second-order valence-electron chi connectivity index (χ2n) is 8.02. The van der Waals surface area contributed by atoms with Crippen LogP contribution in [0.4, 0.5) is 10.5 Å². The maximum Gasteiger partial charge on any atom is 0.319 e. The Bertz CT molecular complexity index is 834. The molecule has 1 unspecified atom stereocenters. The van der Waals surface area contributed by atoms with Gasteiger partial charge in [-0.3, -0.25) is 9.69 Å². The zero-order valence-electron chi connectivity index (χ0n) is 18.6. The Balaban J connectivity index is 1.51. The largest absolute Gasteiger partial charge is 0.338 e. The molecule has 1 aliphatic heterocycles. The number of likely N-dealkylation sites (tertiary alicyclic amines) is 1. The lowest BCUT2D eigenvalue weighted by Gasteiger charge is -2.30. The lowest BCUT2D eigenvalue weighted by Crippen LogP contribution is -2.46. The average Bonchev–Trinajstić information content (AvgIpc) is 3.19. The van der Waals surface area contributed by atoms with Crippen LogP contribution in [0, 0.1) is 0 Å². The van der Waals surface area contributed by atoms with E-state index in [1.807, 2.05) is 35.2 Å². The summed E-state index contributed by atoms with van der Waals surface area (Å²) in [6, 6.07) is 18.2. The summed E-state index contributed by atoms with van der Waals surface area (Å²) in [5, 5.41) is 5.95. The Hall–Kier alpha value is -2.86. The second-order valence-corrected chi connectivity index (χ2v) is 8.02. The highest BCUT2D eigenvalue weighted by Gasteiger charge is 2.20. The third-order valence-corrected chi connectivity index (χ3v) is 5.90. The van der Waals surface area contributed by atoms with Crippen LogP contribution in [-0.2, 0) is 17.8 Å². The molecule has 3 rings (SSSR count). The Morgan fingerprint density at radius 3 is 2.35 bits per heavy atom. The van der Waals surface area contributed by atoms with Crippen molar-refractivity contribution in [1.82, 2.24) is 15.1 Å². The number of anilines is 1. The molecular weight excluding hydrogens is 388 g/mol. The van der Waals surface area contributed by atoms with Gasteiger partial charge < -0.3 is 15.5 Å². The maximum atomic E-state index is 12.5. The number of amides is 3. The van der Waals surface area contributed by atoms with E-state index >= 15 is 0 Å². The van der Waals surface area contributed by atoms with Gasteiger partial charge in [0.2, 0.25) is 5.91 Å². The van der Waals surface area contributed by atoms with Crippen LogP contribution >= 0.6 is 0 Å². The van der Waals surface area contributed by atoms with E-state index in [2.05, 4.69) is 53.6 Å². The van der Waals surface area contributed by atoms with Gasteiger partial charge in [0.05, 0.1) is 0 Å². The van der Waals surface area contributed by atoms with Crippen molar-refractivity contribution >= 4 is 17.6 Å². The maximum absolute atomic E-state index is 12.5. The molecule has 2 aromatic rings. The van der Waals surface area contributed by atoms with E-state index in [0.29, 0.717) is 19.5 Å². The molecule has 2 aromatic carbocycles. The summed E-state index contributed by atoms with van der Waals surface area (Å²) in [6.07, 6.45) is 2.49. The first-order chi connectivity index (χ1) is 15.1. The Labute approximate surface area is 185 Å². The van der Waals surface area contributed by atoms with Crippen molar-refractivity contribution in [3.8, 4) is 0 Å². The monoisotopic (exact) mass is 422 g/mol. The molecule has 1 atom stereocenters. The van der Waals surface area contributed by atoms with Gasteiger partial charge in [0.1, 0.15) is 0 Å². The number of urea groups is 1. The minimum Gasteiger partial charge on any atom is -0.338 e. The fourth-order valence-electron chi connectivity index (χ4n) is 4.13. The summed E-state index contributed by atoms with van der Waals surface area (Å²) in [5.41, 5.74) is 3.09. The molecule has 3 amide bonds. The van der Waals surface area contributed by atoms with Gasteiger partial charge in [0.25, 0.3) is 0 Å². The molecule has 1 saturated heterocycles. The molecule has 31 heavy (non-hydrogen) atoms. The molecule has 166 valence electrons. The normalized spacial score (nSPS) is 14.7. The Morgan fingerprint density at radius 2 is 1.74 bits per heavy atom. The highest BCUT2D eigenvalue weighted by Crippen LogP contribution is 2.16. The number of hydrogen-bond donors (Lipinski definition) is 2. The van der Waals surface area contributed by atoms with Crippen LogP contribution in [0.15, 0.2) is 54.6 Å². The van der Waals surface area contributed by atoms with Crippen molar-refractivity contribution in [2.45, 2.75) is 45.7 Å². The quantitative estimate of drug-likeness (QED) is 0.611. The minimum atomic E-state index is -0.201. The minimum absolute atomic E-state index is 0.201. The summed E-state index contributed by atoms with van der Waals surface area (Å²) >= 11 is 0. The van der Waals surface area contributed by atoms with E-state index in [4.69, 9.17) is 0 Å². The van der Waals surface area contributed by atoms with Crippen LogP contribution in [0.1, 0.15) is 37.8 Å². The lowest BCUT2D eigenvalue weighted by atomic mass is 10.0. The predicted molar refractivity (Wildman–Crippen MR) is 125 cm³/mol. The molecule has 1 aliphatic rings. The van der Waals surface area contributed by atoms with E-state index in [0.717, 1.165) is 43.7 Å². The van der Waals surface area contributed by atoms with Gasteiger partial charge in [-0.25, -0.2) is 4.79 Å². The fourth-order valence-corrected chi connectivity index (χ4v) is 4.13. The predicted octanol–water partition coefficient (Wildman–Crippen LogP) is 3.88. The Morgan fingerprint density at radius 1 is 1.03 bits per heavy atom. The molecule has 6 nitrogen and oxygen atoms in total. The van der Waals surface area contributed by atoms with Crippen LogP contribution in [-0.4, -0.2) is 54.0 Å². The zero-order chi connectivity index (χ0) is 22.1. The molecule has 1 fully saturated rings. The van der Waals surface area contributed by atoms with Gasteiger partial charge in [-0.1, -0.05) is 56.3 Å². The summed E-state index contributed by atoms with van der Waals surface area (Å²) in [7, 11) is 0. The standard InChI is InChI=1S/C25H34N4O2/c1-3-28(4-2)23(17-20-9-6-5-7-10-20)18-26-25(31)27-22-14-12-21(13-15-22)19-29-16-8-11-24(29)30/h5-7,9-10,12-15,23H,3-4,8,11,16-19H2,1-2H3,(H2,26,27,31). The van der Waals surface area contributed by atoms with Gasteiger partial charge in [0.15, 0.2) is 0 Å². The molecule has 2 N–H and O–H groups in total. The molecule has 0 aliphatic carbocycles. The number of benzene rings is 2. The molecule has 0 radical (unpaired) electrons. The highest BCUT2D eigenvalue weighted by molar-refractivity contribution is 5.89. The van der Waals surface area contributed by atoms with Crippen LogP contribution in [0.5, 0.6) is 0 Å². The van der Waals surface area contributed by atoms with Gasteiger partial charge in [-0.2, -0.15) is 0 Å². The summed E-state index contributed by atoms with van der Waals surface area (Å²) in [5.74, 6) is 0.222. The topological polar surface area (TPSA) is 64.7 Å². The molecule has 0 saturated carbocycles. The Kier molecular flexibility index (Phi) is 8.47. The van der Waals surface area contributed by atoms with Crippen LogP contribution in [0.25, 0.3) is 0 Å². The van der Waals surface area contributed by atoms with E-state index in [-0.39, 0.29) is 18.0 Å². The molecule has 0 spiro atoms. The van der Waals surface area contributed by atoms with Gasteiger partial charge in [-0.05, 0) is 49.2 Å². The number of hydrogen-bond acceptors (Lipinski definition) is 3. The van der Waals surface area contributed by atoms with E-state index in [9.17, 15) is 9.59 Å². The first-order valence-corrected chi connectivity index (χ1v) is 11.3. The third kappa shape index (κ3) is 6.82. The summed E-state index contributed by atoms with van der Waals surface area (Å²) in [6.45, 7) is 8.24. The fraction of sp³-hybridized carbons (Fsp3) is 0.440. The molecule has 0 aromatic heterocycles. The SMILES string of the molecule is CCN(CC)C(CNC(=O)Nc1ccc(CN2CCCC2=O)cc1)Cc1ccccc1. The van der Waals surface area contributed by atoms with Crippen molar-refractivity contribution in [2.24, 2.45) is 0 Å². The van der Waals surface area contributed by atoms with Crippen LogP contribution < -0.4 is 10.6 Å². The number of nitrogens with zero attached hydrogens (tertiary/aromatic N) is 2. The third-order valence-electron chi connectivity index (χ3n) is 5.90. The highest BCUT2D eigenvalue weighted by atomic mass is 16.2. The first kappa shape index (κ1) is 22.8. The summed E-state index contributed by atoms with van der Waals surface area (Å²) in [4.78, 5) is 28.5. The first-order valence-electron chi connectivity index (χ1n) is 11.3. The van der Waals surface area contributed by atoms with Crippen molar-refractivity contribution < 1.29 is 9.59 Å². The number of likely N-dealkylation sites (N-methyl/N-ethyl adjacent to an activating group) is 1. The molecule has 1 heterocycles. The van der Waals surface area contributed by atoms with Gasteiger partial charge in [-0.15, -0.1) is 0 Å². The number of carbonyl (C=O) groups excluding carboxylic acids is 2. The van der Waals surface area contributed by atoms with E-state index in [1.54, 1.807) is 0 Å². The summed E-state index contributed by atoms with van der Waals surface area (Å²) < 4.78 is 0. The van der Waals surface area contributed by atoms with Crippen LogP contribution in [0.3, 0.4) is 0 Å². The molecule has 0 bridgehead atoms. The van der Waals surface area contributed by atoms with Crippen molar-refractivity contribution in [3.63, 3.8) is 0 Å². The van der Waals surface area contributed by atoms with Gasteiger partial charge in [0, 0.05) is 37.8 Å². The van der Waals surface area contributed by atoms with Gasteiger partial charge >= 0.3 is 6.03 Å². The van der Waals surface area contributed by atoms with Crippen molar-refractivity contribution in [3.05, 3.63) is 65.7 Å². The van der Waals surface area contributed by atoms with E-state index < -0.39 is 0 Å².